The number of hydrogen-bond acceptors (Lipinski definition) is 3. The van der Waals surface area contributed by atoms with Gasteiger partial charge in [0, 0.05) is 0 Å². The summed E-state index contributed by atoms with van der Waals surface area (Å²) in [5.41, 5.74) is 12.3. The van der Waals surface area contributed by atoms with E-state index in [9.17, 15) is 4.79 Å². The van der Waals surface area contributed by atoms with Crippen LogP contribution in [0.25, 0.3) is 0 Å². The Morgan fingerprint density at radius 1 is 1.35 bits per heavy atom. The molecule has 0 radical (unpaired) electrons. The predicted octanol–water partition coefficient (Wildman–Crippen LogP) is 0.311. The van der Waals surface area contributed by atoms with Gasteiger partial charge in [0.25, 0.3) is 0 Å². The average Bonchev–Trinajstić information content (AvgIpc) is 2.26. The molecule has 0 aliphatic carbocycles. The summed E-state index contributed by atoms with van der Waals surface area (Å²) in [6, 6.07) is 7.32. The number of guanidine groups is 1. The molecule has 0 bridgehead atoms. The Hall–Kier alpha value is -1.88. The van der Waals surface area contributed by atoms with E-state index < -0.39 is 0 Å². The van der Waals surface area contributed by atoms with E-state index >= 15 is 0 Å². The van der Waals surface area contributed by atoms with Crippen molar-refractivity contribution in [3.63, 3.8) is 0 Å². The lowest BCUT2D eigenvalue weighted by atomic mass is 10.0. The van der Waals surface area contributed by atoms with Gasteiger partial charge in [-0.3, -0.25) is 4.79 Å². The molecule has 1 rings (SSSR count). The molecule has 5 N–H and O–H groups in total. The quantitative estimate of drug-likeness (QED) is 0.505. The van der Waals surface area contributed by atoms with Gasteiger partial charge in [-0.25, -0.2) is 4.99 Å². The summed E-state index contributed by atoms with van der Waals surface area (Å²) in [5, 5.41) is 2.98. The molecule has 0 saturated carbocycles. The van der Waals surface area contributed by atoms with Crippen molar-refractivity contribution in [1.29, 1.82) is 0 Å². The van der Waals surface area contributed by atoms with Crippen molar-refractivity contribution in [2.75, 3.05) is 7.05 Å². The molecule has 5 nitrogen and oxygen atoms in total. The van der Waals surface area contributed by atoms with E-state index in [-0.39, 0.29) is 17.8 Å². The van der Waals surface area contributed by atoms with Gasteiger partial charge in [-0.1, -0.05) is 12.1 Å². The van der Waals surface area contributed by atoms with Gasteiger partial charge in [0.2, 0.25) is 0 Å². The number of nitrogens with zero attached hydrogens (tertiary/aromatic N) is 1. The van der Waals surface area contributed by atoms with Crippen LogP contribution >= 0.6 is 0 Å². The van der Waals surface area contributed by atoms with Crippen molar-refractivity contribution in [3.05, 3.63) is 29.8 Å². The highest BCUT2D eigenvalue weighted by molar-refractivity contribution is 5.81. The number of aliphatic imine (C=N–C) groups is 1. The van der Waals surface area contributed by atoms with Crippen molar-refractivity contribution in [1.82, 2.24) is 5.32 Å². The highest BCUT2D eigenvalue weighted by Crippen LogP contribution is 2.14. The molecule has 1 atom stereocenters. The van der Waals surface area contributed by atoms with Gasteiger partial charge >= 0.3 is 0 Å². The standard InChI is InChI=1S/C12H18N4O/c1-8(17)11(15-2)7-9-3-5-10(6-4-9)16-12(13)14/h3-6,11,15H,7H2,1-2H3,(H4,13,14,16). The zero-order chi connectivity index (χ0) is 12.8. The van der Waals surface area contributed by atoms with Crippen LogP contribution in [0.15, 0.2) is 29.3 Å². The van der Waals surface area contributed by atoms with Crippen LogP contribution in [-0.2, 0) is 11.2 Å². The molecule has 0 amide bonds. The molecule has 0 aromatic heterocycles. The van der Waals surface area contributed by atoms with E-state index in [0.717, 1.165) is 5.56 Å². The van der Waals surface area contributed by atoms with E-state index in [1.54, 1.807) is 14.0 Å². The Morgan fingerprint density at radius 2 is 1.94 bits per heavy atom. The third-order valence-electron chi connectivity index (χ3n) is 2.47. The molecular formula is C12H18N4O. The van der Waals surface area contributed by atoms with Crippen LogP contribution in [0.2, 0.25) is 0 Å². The van der Waals surface area contributed by atoms with Gasteiger partial charge in [0.05, 0.1) is 11.7 Å². The SMILES string of the molecule is CNC(Cc1ccc(N=C(N)N)cc1)C(C)=O. The minimum absolute atomic E-state index is 0.0367. The van der Waals surface area contributed by atoms with Gasteiger partial charge in [0.1, 0.15) is 5.78 Å². The first-order chi connectivity index (χ1) is 8.02. The van der Waals surface area contributed by atoms with Crippen molar-refractivity contribution >= 4 is 17.4 Å². The minimum atomic E-state index is -0.149. The van der Waals surface area contributed by atoms with Gasteiger partial charge in [-0.05, 0) is 38.1 Å². The van der Waals surface area contributed by atoms with E-state index in [2.05, 4.69) is 10.3 Å². The molecule has 1 aromatic rings. The second-order valence-electron chi connectivity index (χ2n) is 3.86. The first-order valence-electron chi connectivity index (χ1n) is 5.39. The molecule has 17 heavy (non-hydrogen) atoms. The summed E-state index contributed by atoms with van der Waals surface area (Å²) in [5.74, 6) is 0.162. The van der Waals surface area contributed by atoms with E-state index in [1.807, 2.05) is 24.3 Å². The number of nitrogens with one attached hydrogen (secondary N) is 1. The maximum absolute atomic E-state index is 11.3. The first-order valence-corrected chi connectivity index (χ1v) is 5.39. The van der Waals surface area contributed by atoms with Crippen molar-refractivity contribution in [3.8, 4) is 0 Å². The Balaban J connectivity index is 2.74. The largest absolute Gasteiger partial charge is 0.370 e. The van der Waals surface area contributed by atoms with E-state index in [0.29, 0.717) is 12.1 Å². The fraction of sp³-hybridized carbons (Fsp3) is 0.333. The highest BCUT2D eigenvalue weighted by atomic mass is 16.1. The van der Waals surface area contributed by atoms with Crippen LogP contribution in [0.4, 0.5) is 5.69 Å². The Morgan fingerprint density at radius 3 is 2.35 bits per heavy atom. The Labute approximate surface area is 101 Å². The van der Waals surface area contributed by atoms with Gasteiger partial charge in [-0.15, -0.1) is 0 Å². The average molecular weight is 234 g/mol. The summed E-state index contributed by atoms with van der Waals surface area (Å²) in [7, 11) is 1.78. The molecule has 92 valence electrons. The lowest BCUT2D eigenvalue weighted by Gasteiger charge is -2.12. The highest BCUT2D eigenvalue weighted by Gasteiger charge is 2.11. The molecule has 0 spiro atoms. The number of rotatable bonds is 5. The molecule has 0 saturated heterocycles. The van der Waals surface area contributed by atoms with Gasteiger partial charge in [-0.2, -0.15) is 0 Å². The lowest BCUT2D eigenvalue weighted by molar-refractivity contribution is -0.118. The fourth-order valence-corrected chi connectivity index (χ4v) is 1.54. The van der Waals surface area contributed by atoms with Crippen LogP contribution in [0.3, 0.4) is 0 Å². The second-order valence-corrected chi connectivity index (χ2v) is 3.86. The van der Waals surface area contributed by atoms with Crippen LogP contribution in [0.5, 0.6) is 0 Å². The first kappa shape index (κ1) is 13.2. The molecule has 0 heterocycles. The zero-order valence-corrected chi connectivity index (χ0v) is 10.1. The molecule has 0 aliphatic heterocycles. The number of carbonyl (C=O) groups is 1. The van der Waals surface area contributed by atoms with Crippen LogP contribution in [-0.4, -0.2) is 24.8 Å². The zero-order valence-electron chi connectivity index (χ0n) is 10.1. The number of ketones is 1. The molecule has 5 heteroatoms. The number of Topliss-reactive ketones (excluding diaryl/α,β-unsaturated/α-hetero) is 1. The maximum atomic E-state index is 11.3. The van der Waals surface area contributed by atoms with Crippen molar-refractivity contribution in [2.24, 2.45) is 16.5 Å². The summed E-state index contributed by atoms with van der Waals surface area (Å²) in [6.45, 7) is 1.58. The maximum Gasteiger partial charge on any atom is 0.191 e. The van der Waals surface area contributed by atoms with Gasteiger partial charge < -0.3 is 16.8 Å². The molecular weight excluding hydrogens is 216 g/mol. The fourth-order valence-electron chi connectivity index (χ4n) is 1.54. The number of likely N-dealkylation sites (N-methyl/N-ethyl adjacent to an activating group) is 1. The summed E-state index contributed by atoms with van der Waals surface area (Å²) >= 11 is 0. The normalized spacial score (nSPS) is 11.9. The Bertz CT molecular complexity index is 407. The molecule has 1 unspecified atom stereocenters. The monoisotopic (exact) mass is 234 g/mol. The Kier molecular flexibility index (Phi) is 4.66. The van der Waals surface area contributed by atoms with Crippen molar-refractivity contribution in [2.45, 2.75) is 19.4 Å². The lowest BCUT2D eigenvalue weighted by Crippen LogP contribution is -2.34. The van der Waals surface area contributed by atoms with Crippen LogP contribution < -0.4 is 16.8 Å². The number of hydrogen-bond donors (Lipinski definition) is 3. The topological polar surface area (TPSA) is 93.5 Å². The van der Waals surface area contributed by atoms with Gasteiger partial charge in [0.15, 0.2) is 5.96 Å². The summed E-state index contributed by atoms with van der Waals surface area (Å²) in [6.07, 6.45) is 0.661. The predicted molar refractivity (Wildman–Crippen MR) is 69.1 cm³/mol. The van der Waals surface area contributed by atoms with Crippen LogP contribution in [0.1, 0.15) is 12.5 Å². The summed E-state index contributed by atoms with van der Waals surface area (Å²) < 4.78 is 0. The third-order valence-corrected chi connectivity index (χ3v) is 2.47. The third kappa shape index (κ3) is 4.24. The smallest absolute Gasteiger partial charge is 0.191 e. The molecule has 1 aromatic carbocycles. The number of nitrogens with two attached hydrogens (primary N) is 2. The second kappa shape index (κ2) is 6.00. The minimum Gasteiger partial charge on any atom is -0.370 e. The summed E-state index contributed by atoms with van der Waals surface area (Å²) in [4.78, 5) is 15.2. The van der Waals surface area contributed by atoms with Crippen molar-refractivity contribution < 1.29 is 4.79 Å². The number of benzene rings is 1. The van der Waals surface area contributed by atoms with E-state index in [1.165, 1.54) is 0 Å². The number of carbonyl (C=O) groups excluding carboxylic acids is 1. The molecule has 0 fully saturated rings. The van der Waals surface area contributed by atoms with E-state index in [4.69, 9.17) is 11.5 Å². The molecule has 0 aliphatic rings. The van der Waals surface area contributed by atoms with Crippen LogP contribution in [0, 0.1) is 0 Å².